The van der Waals surface area contributed by atoms with Gasteiger partial charge in [-0.25, -0.2) is 14.3 Å². The summed E-state index contributed by atoms with van der Waals surface area (Å²) in [5.41, 5.74) is 1.88. The molecule has 0 bridgehead atoms. The Morgan fingerprint density at radius 1 is 0.969 bits per heavy atom. The Balaban J connectivity index is 1.76. The largest absolute Gasteiger partial charge is 0.496 e. The number of para-hydroxylation sites is 2. The van der Waals surface area contributed by atoms with Crippen LogP contribution in [0.5, 0.6) is 5.75 Å². The van der Waals surface area contributed by atoms with Crippen LogP contribution in [0.3, 0.4) is 0 Å². The molecule has 0 amide bonds. The molecule has 7 heteroatoms. The molecule has 5 rings (SSSR count). The fraction of sp³-hybridized carbons (Fsp3) is 0.320. The summed E-state index contributed by atoms with van der Waals surface area (Å²) in [6, 6.07) is 17.1. The maximum atomic E-state index is 13.7. The highest BCUT2D eigenvalue weighted by Crippen LogP contribution is 2.27. The lowest BCUT2D eigenvalue weighted by Crippen LogP contribution is -2.43. The second-order valence-electron chi connectivity index (χ2n) is 8.28. The van der Waals surface area contributed by atoms with Crippen LogP contribution >= 0.6 is 0 Å². The number of imidazole rings is 1. The Labute approximate surface area is 185 Å². The van der Waals surface area contributed by atoms with Gasteiger partial charge in [-0.05, 0) is 31.0 Å². The molecule has 0 spiro atoms. The highest BCUT2D eigenvalue weighted by atomic mass is 16.5. The number of aromatic nitrogens is 4. The Morgan fingerprint density at radius 2 is 1.69 bits per heavy atom. The molecule has 0 N–H and O–H groups in total. The number of methoxy groups -OCH3 is 1. The summed E-state index contributed by atoms with van der Waals surface area (Å²) in [6.07, 6.45) is 6.53. The monoisotopic (exact) mass is 430 g/mol. The number of nitrogens with zero attached hydrogens (tertiary/aromatic N) is 4. The van der Waals surface area contributed by atoms with E-state index < -0.39 is 0 Å². The zero-order chi connectivity index (χ0) is 22.1. The van der Waals surface area contributed by atoms with E-state index in [0.717, 1.165) is 43.4 Å². The van der Waals surface area contributed by atoms with Crippen LogP contribution in [0.15, 0.2) is 70.5 Å². The number of rotatable bonds is 5. The maximum absolute atomic E-state index is 13.7. The molecule has 0 saturated heterocycles. The van der Waals surface area contributed by atoms with Gasteiger partial charge in [0.15, 0.2) is 11.2 Å². The Kier molecular flexibility index (Phi) is 5.39. The molecule has 1 aliphatic rings. The Bertz CT molecular complexity index is 1360. The van der Waals surface area contributed by atoms with Crippen molar-refractivity contribution < 1.29 is 4.74 Å². The molecule has 0 radical (unpaired) electrons. The third-order valence-corrected chi connectivity index (χ3v) is 6.34. The van der Waals surface area contributed by atoms with Crippen molar-refractivity contribution in [3.63, 3.8) is 0 Å². The van der Waals surface area contributed by atoms with Crippen molar-refractivity contribution in [2.45, 2.75) is 44.7 Å². The lowest BCUT2D eigenvalue weighted by molar-refractivity contribution is 0.335. The lowest BCUT2D eigenvalue weighted by atomic mass is 9.95. The maximum Gasteiger partial charge on any atom is 0.337 e. The topological polar surface area (TPSA) is 71.1 Å². The van der Waals surface area contributed by atoms with E-state index in [2.05, 4.69) is 4.98 Å². The second kappa shape index (κ2) is 8.49. The van der Waals surface area contributed by atoms with Gasteiger partial charge < -0.3 is 9.30 Å². The van der Waals surface area contributed by atoms with Gasteiger partial charge in [-0.3, -0.25) is 9.36 Å². The van der Waals surface area contributed by atoms with Crippen LogP contribution in [0.1, 0.15) is 43.7 Å². The predicted octanol–water partition coefficient (Wildman–Crippen LogP) is 3.91. The summed E-state index contributed by atoms with van der Waals surface area (Å²) in [4.78, 5) is 31.9. The minimum absolute atomic E-state index is 0.0854. The number of hydrogen-bond acceptors (Lipinski definition) is 4. The van der Waals surface area contributed by atoms with Gasteiger partial charge in [0, 0.05) is 11.6 Å². The third kappa shape index (κ3) is 3.43. The first-order chi connectivity index (χ1) is 15.7. The molecule has 0 unspecified atom stereocenters. The van der Waals surface area contributed by atoms with Crippen LogP contribution in [0.25, 0.3) is 16.9 Å². The van der Waals surface area contributed by atoms with Crippen molar-refractivity contribution in [3.8, 4) is 11.4 Å². The molecule has 1 fully saturated rings. The Hall–Kier alpha value is -3.61. The van der Waals surface area contributed by atoms with Crippen LogP contribution in [0.4, 0.5) is 0 Å². The van der Waals surface area contributed by atoms with Crippen molar-refractivity contribution in [2.24, 2.45) is 0 Å². The summed E-state index contributed by atoms with van der Waals surface area (Å²) < 4.78 is 10.4. The van der Waals surface area contributed by atoms with Gasteiger partial charge in [0.1, 0.15) is 5.75 Å². The molecule has 1 aliphatic carbocycles. The fourth-order valence-corrected chi connectivity index (χ4v) is 4.76. The van der Waals surface area contributed by atoms with Crippen molar-refractivity contribution in [1.82, 2.24) is 18.7 Å². The third-order valence-electron chi connectivity index (χ3n) is 6.34. The molecule has 2 heterocycles. The first-order valence-electron chi connectivity index (χ1n) is 11.1. The zero-order valence-corrected chi connectivity index (χ0v) is 18.1. The second-order valence-corrected chi connectivity index (χ2v) is 8.28. The van der Waals surface area contributed by atoms with Crippen molar-refractivity contribution in [2.75, 3.05) is 7.11 Å². The van der Waals surface area contributed by atoms with Crippen LogP contribution < -0.4 is 16.0 Å². The highest BCUT2D eigenvalue weighted by Gasteiger charge is 2.25. The molecular formula is C25H26N4O3. The molecular weight excluding hydrogens is 404 g/mol. The number of fused-ring (bicyclic) bond motifs is 1. The number of ether oxygens (including phenoxy) is 1. The minimum Gasteiger partial charge on any atom is -0.496 e. The minimum atomic E-state index is -0.317. The quantitative estimate of drug-likeness (QED) is 0.481. The van der Waals surface area contributed by atoms with Crippen molar-refractivity contribution in [3.05, 3.63) is 87.3 Å². The number of benzene rings is 2. The van der Waals surface area contributed by atoms with E-state index in [0.29, 0.717) is 23.4 Å². The van der Waals surface area contributed by atoms with Gasteiger partial charge in [-0.15, -0.1) is 0 Å². The summed E-state index contributed by atoms with van der Waals surface area (Å²) in [7, 11) is 1.63. The summed E-state index contributed by atoms with van der Waals surface area (Å²) >= 11 is 0. The van der Waals surface area contributed by atoms with Crippen LogP contribution in [0.2, 0.25) is 0 Å². The fourth-order valence-electron chi connectivity index (χ4n) is 4.76. The van der Waals surface area contributed by atoms with E-state index in [1.54, 1.807) is 18.0 Å². The van der Waals surface area contributed by atoms with Crippen LogP contribution in [0, 0.1) is 0 Å². The standard InChI is InChI=1S/C25H26N4O3/c1-32-21-15-9-8-10-18(21)16-27-17-26-23-22(27)24(30)29(20-13-6-3-7-14-20)25(31)28(23)19-11-4-2-5-12-19/h2,4-5,8-12,15,17,20H,3,6-7,13-14,16H2,1H3. The number of hydrogen-bond donors (Lipinski definition) is 0. The first kappa shape index (κ1) is 20.3. The van der Waals surface area contributed by atoms with Gasteiger partial charge >= 0.3 is 5.69 Å². The molecule has 0 aliphatic heterocycles. The van der Waals surface area contributed by atoms with Gasteiger partial charge in [-0.1, -0.05) is 55.7 Å². The lowest BCUT2D eigenvalue weighted by Gasteiger charge is -2.24. The van der Waals surface area contributed by atoms with Gasteiger partial charge in [0.25, 0.3) is 5.56 Å². The predicted molar refractivity (Wildman–Crippen MR) is 124 cm³/mol. The molecule has 2 aromatic carbocycles. The zero-order valence-electron chi connectivity index (χ0n) is 18.1. The average molecular weight is 431 g/mol. The summed E-state index contributed by atoms with van der Waals surface area (Å²) in [5.74, 6) is 0.748. The van der Waals surface area contributed by atoms with Crippen molar-refractivity contribution in [1.29, 1.82) is 0 Å². The van der Waals surface area contributed by atoms with E-state index in [1.165, 1.54) is 4.57 Å². The smallest absolute Gasteiger partial charge is 0.337 e. The normalized spacial score (nSPS) is 14.7. The van der Waals surface area contributed by atoms with E-state index in [-0.39, 0.29) is 17.3 Å². The van der Waals surface area contributed by atoms with E-state index in [1.807, 2.05) is 59.2 Å². The molecule has 32 heavy (non-hydrogen) atoms. The molecule has 1 saturated carbocycles. The summed E-state index contributed by atoms with van der Waals surface area (Å²) in [6.45, 7) is 0.424. The molecule has 164 valence electrons. The van der Waals surface area contributed by atoms with Gasteiger partial charge in [0.2, 0.25) is 0 Å². The van der Waals surface area contributed by atoms with E-state index in [4.69, 9.17) is 4.74 Å². The average Bonchev–Trinajstić information content (AvgIpc) is 3.24. The van der Waals surface area contributed by atoms with E-state index >= 15 is 0 Å². The first-order valence-corrected chi connectivity index (χ1v) is 11.1. The molecule has 7 nitrogen and oxygen atoms in total. The Morgan fingerprint density at radius 3 is 2.44 bits per heavy atom. The summed E-state index contributed by atoms with van der Waals surface area (Å²) in [5, 5.41) is 0. The van der Waals surface area contributed by atoms with Gasteiger partial charge in [-0.2, -0.15) is 0 Å². The van der Waals surface area contributed by atoms with E-state index in [9.17, 15) is 9.59 Å². The van der Waals surface area contributed by atoms with Crippen LogP contribution in [-0.4, -0.2) is 25.8 Å². The highest BCUT2D eigenvalue weighted by molar-refractivity contribution is 5.72. The van der Waals surface area contributed by atoms with Crippen molar-refractivity contribution >= 4 is 11.2 Å². The SMILES string of the molecule is COc1ccccc1Cn1cnc2c1c(=O)n(C1CCCCC1)c(=O)n2-c1ccccc1. The molecule has 0 atom stereocenters. The van der Waals surface area contributed by atoms with Gasteiger partial charge in [0.05, 0.1) is 25.7 Å². The van der Waals surface area contributed by atoms with Crippen LogP contribution in [-0.2, 0) is 6.54 Å². The molecule has 2 aromatic heterocycles. The molecule has 4 aromatic rings.